The molecule has 1 fully saturated rings. The third-order valence-corrected chi connectivity index (χ3v) is 5.12. The smallest absolute Gasteiger partial charge is 0.0303 e. The predicted octanol–water partition coefficient (Wildman–Crippen LogP) is 1.72. The van der Waals surface area contributed by atoms with E-state index in [9.17, 15) is 0 Å². The number of rotatable bonds is 0. The summed E-state index contributed by atoms with van der Waals surface area (Å²) in [7, 11) is 3.76. The van der Waals surface area contributed by atoms with Crippen LogP contribution in [0.25, 0.3) is 0 Å². The summed E-state index contributed by atoms with van der Waals surface area (Å²) in [5.41, 5.74) is 0. The van der Waals surface area contributed by atoms with Gasteiger partial charge in [0.1, 0.15) is 0 Å². The zero-order valence-corrected chi connectivity index (χ0v) is 7.24. The normalized spacial score (nSPS) is 25.1. The maximum atomic E-state index is 3.79. The van der Waals surface area contributed by atoms with Crippen LogP contribution in [0.1, 0.15) is 25.7 Å². The molecular weight excluding hydrogens is 128 g/mol. The highest BCUT2D eigenvalue weighted by Crippen LogP contribution is 2.15. The first kappa shape index (κ1) is 6.55. The van der Waals surface area contributed by atoms with Crippen molar-refractivity contribution >= 4 is 18.1 Å². The van der Waals surface area contributed by atoms with Crippen molar-refractivity contribution in [1.29, 1.82) is 0 Å². The zero-order chi connectivity index (χ0) is 5.82. The van der Waals surface area contributed by atoms with Crippen LogP contribution in [0.4, 0.5) is 0 Å². The molecule has 0 nitrogen and oxygen atoms in total. The van der Waals surface area contributed by atoms with Crippen LogP contribution in [0.15, 0.2) is 0 Å². The third-order valence-electron chi connectivity index (χ3n) is 1.71. The second kappa shape index (κ2) is 3.46. The average Bonchev–Trinajstić information content (AvgIpc) is 1.94. The maximum absolute atomic E-state index is 3.79. The second-order valence-electron chi connectivity index (χ2n) is 2.52. The molecule has 44 valence electrons. The minimum atomic E-state index is -0.0234. The molecule has 2 heteroatoms. The van der Waals surface area contributed by atoms with E-state index in [0.29, 0.717) is 0 Å². The van der Waals surface area contributed by atoms with Crippen molar-refractivity contribution < 1.29 is 0 Å². The molecule has 0 N–H and O–H groups in total. The van der Waals surface area contributed by atoms with E-state index in [1.807, 2.05) is 0 Å². The molecule has 1 rings (SSSR count). The molecule has 0 bridgehead atoms. The minimum Gasteiger partial charge on any atom is -0.0617 e. The van der Waals surface area contributed by atoms with Crippen LogP contribution < -0.4 is 0 Å². The SMILES string of the molecule is [Si][Si]1CCCCCC1. The highest BCUT2D eigenvalue weighted by molar-refractivity contribution is 7.03. The predicted molar refractivity (Wildman–Crippen MR) is 39.6 cm³/mol. The van der Waals surface area contributed by atoms with E-state index in [1.165, 1.54) is 37.8 Å². The quantitative estimate of drug-likeness (QED) is 0.449. The number of hydrogen-bond acceptors (Lipinski definition) is 0. The second-order valence-corrected chi connectivity index (χ2v) is 6.85. The van der Waals surface area contributed by atoms with Gasteiger partial charge in [0.25, 0.3) is 0 Å². The van der Waals surface area contributed by atoms with E-state index in [0.717, 1.165) is 0 Å². The van der Waals surface area contributed by atoms with Crippen LogP contribution in [0.3, 0.4) is 0 Å². The van der Waals surface area contributed by atoms with Crippen LogP contribution in [-0.2, 0) is 0 Å². The Morgan fingerprint density at radius 3 is 1.88 bits per heavy atom. The van der Waals surface area contributed by atoms with Gasteiger partial charge in [-0.1, -0.05) is 37.8 Å². The Balaban J connectivity index is 2.17. The Kier molecular flexibility index (Phi) is 2.83. The van der Waals surface area contributed by atoms with Gasteiger partial charge in [-0.3, -0.25) is 0 Å². The fourth-order valence-electron chi connectivity index (χ4n) is 1.16. The lowest BCUT2D eigenvalue weighted by molar-refractivity contribution is 0.720. The molecule has 0 aromatic heterocycles. The van der Waals surface area contributed by atoms with E-state index < -0.39 is 0 Å². The van der Waals surface area contributed by atoms with Gasteiger partial charge in [0.2, 0.25) is 0 Å². The van der Waals surface area contributed by atoms with Gasteiger partial charge in [-0.15, -0.1) is 0 Å². The van der Waals surface area contributed by atoms with Crippen LogP contribution in [0.2, 0.25) is 12.1 Å². The highest BCUT2D eigenvalue weighted by atomic mass is 29.1. The van der Waals surface area contributed by atoms with E-state index in [1.54, 1.807) is 0 Å². The maximum Gasteiger partial charge on any atom is 0.0303 e. The fraction of sp³-hybridized carbons (Fsp3) is 1.00. The molecule has 0 aromatic carbocycles. The Hall–Kier alpha value is 0.434. The largest absolute Gasteiger partial charge is 0.0617 e. The van der Waals surface area contributed by atoms with E-state index in [2.05, 4.69) is 9.76 Å². The molecule has 1 aliphatic rings. The topological polar surface area (TPSA) is 0 Å². The molecule has 4 radical (unpaired) electrons. The van der Waals surface area contributed by atoms with Gasteiger partial charge >= 0.3 is 0 Å². The van der Waals surface area contributed by atoms with Crippen LogP contribution in [0.5, 0.6) is 0 Å². The summed E-state index contributed by atoms with van der Waals surface area (Å²) in [5.74, 6) is 0. The lowest BCUT2D eigenvalue weighted by Gasteiger charge is -1.99. The summed E-state index contributed by atoms with van der Waals surface area (Å²) in [6, 6.07) is 3.00. The van der Waals surface area contributed by atoms with Crippen molar-refractivity contribution in [2.75, 3.05) is 0 Å². The monoisotopic (exact) mass is 140 g/mol. The van der Waals surface area contributed by atoms with Crippen LogP contribution >= 0.6 is 0 Å². The fourth-order valence-corrected chi connectivity index (χ4v) is 3.82. The molecule has 0 amide bonds. The Bertz CT molecular complexity index is 55.5. The van der Waals surface area contributed by atoms with E-state index >= 15 is 0 Å². The van der Waals surface area contributed by atoms with Gasteiger partial charge in [-0.05, 0) is 0 Å². The van der Waals surface area contributed by atoms with Crippen molar-refractivity contribution in [3.05, 3.63) is 0 Å². The van der Waals surface area contributed by atoms with Crippen LogP contribution in [0, 0.1) is 0 Å². The lowest BCUT2D eigenvalue weighted by atomic mass is 10.2. The zero-order valence-electron chi connectivity index (χ0n) is 5.24. The summed E-state index contributed by atoms with van der Waals surface area (Å²) in [5, 5.41) is 0. The summed E-state index contributed by atoms with van der Waals surface area (Å²) in [4.78, 5) is 0. The molecule has 0 unspecified atom stereocenters. The average molecular weight is 140 g/mol. The van der Waals surface area contributed by atoms with Crippen LogP contribution in [-0.4, -0.2) is 18.1 Å². The summed E-state index contributed by atoms with van der Waals surface area (Å²) in [6.45, 7) is 0. The standard InChI is InChI=1S/C6H12Si2/c7-8-5-3-1-2-4-6-8/h1-6H2. The minimum absolute atomic E-state index is 0.0234. The molecule has 8 heavy (non-hydrogen) atoms. The van der Waals surface area contributed by atoms with Gasteiger partial charge in [-0.25, -0.2) is 0 Å². The molecular formula is C6H12Si2. The first-order chi connectivity index (χ1) is 3.89. The van der Waals surface area contributed by atoms with Gasteiger partial charge in [-0.2, -0.15) is 0 Å². The molecule has 0 spiro atoms. The van der Waals surface area contributed by atoms with E-state index in [4.69, 9.17) is 0 Å². The molecule has 0 atom stereocenters. The summed E-state index contributed by atoms with van der Waals surface area (Å²) < 4.78 is 0. The Morgan fingerprint density at radius 2 is 1.38 bits per heavy atom. The molecule has 0 aromatic rings. The van der Waals surface area contributed by atoms with Gasteiger partial charge in [0.05, 0.1) is 0 Å². The van der Waals surface area contributed by atoms with Gasteiger partial charge < -0.3 is 0 Å². The lowest BCUT2D eigenvalue weighted by Crippen LogP contribution is -2.09. The third kappa shape index (κ3) is 2.13. The Morgan fingerprint density at radius 1 is 0.875 bits per heavy atom. The first-order valence-electron chi connectivity index (χ1n) is 3.46. The van der Waals surface area contributed by atoms with E-state index in [-0.39, 0.29) is 8.31 Å². The molecule has 0 aliphatic carbocycles. The van der Waals surface area contributed by atoms with Gasteiger partial charge in [0.15, 0.2) is 0 Å². The van der Waals surface area contributed by atoms with Gasteiger partial charge in [0, 0.05) is 18.1 Å². The van der Waals surface area contributed by atoms with Crippen molar-refractivity contribution in [2.24, 2.45) is 0 Å². The van der Waals surface area contributed by atoms with Crippen molar-refractivity contribution in [1.82, 2.24) is 0 Å². The van der Waals surface area contributed by atoms with Crippen molar-refractivity contribution in [2.45, 2.75) is 37.8 Å². The first-order valence-corrected chi connectivity index (χ1v) is 6.87. The molecule has 1 saturated heterocycles. The van der Waals surface area contributed by atoms with Crippen molar-refractivity contribution in [3.63, 3.8) is 0 Å². The summed E-state index contributed by atoms with van der Waals surface area (Å²) in [6.07, 6.45) is 5.94. The number of hydrogen-bond donors (Lipinski definition) is 0. The Labute approximate surface area is 56.5 Å². The highest BCUT2D eigenvalue weighted by Gasteiger charge is 2.06. The van der Waals surface area contributed by atoms with Crippen molar-refractivity contribution in [3.8, 4) is 0 Å². The molecule has 0 saturated carbocycles. The molecule has 1 heterocycles. The summed E-state index contributed by atoms with van der Waals surface area (Å²) >= 11 is 0. The molecule has 1 aliphatic heterocycles.